The van der Waals surface area contributed by atoms with E-state index in [0.717, 1.165) is 30.2 Å². The van der Waals surface area contributed by atoms with Crippen LogP contribution in [-0.2, 0) is 6.42 Å². The van der Waals surface area contributed by atoms with E-state index in [1.54, 1.807) is 7.11 Å². The molecule has 0 bridgehead atoms. The molecule has 2 N–H and O–H groups in total. The van der Waals surface area contributed by atoms with Gasteiger partial charge in [-0.25, -0.2) is 0 Å². The zero-order valence-electron chi connectivity index (χ0n) is 9.29. The second-order valence-electron chi connectivity index (χ2n) is 3.84. The molecule has 2 nitrogen and oxygen atoms in total. The van der Waals surface area contributed by atoms with E-state index in [0.29, 0.717) is 5.92 Å². The molecule has 0 radical (unpaired) electrons. The van der Waals surface area contributed by atoms with Crippen molar-refractivity contribution in [3.05, 3.63) is 28.8 Å². The SMILES string of the molecule is COc1ccc(CC(C)CCN)c(Cl)c1. The van der Waals surface area contributed by atoms with E-state index in [2.05, 4.69) is 6.92 Å². The van der Waals surface area contributed by atoms with Gasteiger partial charge in [-0.05, 0) is 43.0 Å². The van der Waals surface area contributed by atoms with Gasteiger partial charge >= 0.3 is 0 Å². The standard InChI is InChI=1S/C12H18ClNO/c1-9(5-6-14)7-10-3-4-11(15-2)8-12(10)13/h3-4,8-9H,5-7,14H2,1-2H3. The van der Waals surface area contributed by atoms with Gasteiger partial charge in [0.1, 0.15) is 5.75 Å². The second kappa shape index (κ2) is 5.99. The monoisotopic (exact) mass is 227 g/mol. The van der Waals surface area contributed by atoms with Crippen LogP contribution in [0.2, 0.25) is 5.02 Å². The van der Waals surface area contributed by atoms with Gasteiger partial charge in [0.2, 0.25) is 0 Å². The summed E-state index contributed by atoms with van der Waals surface area (Å²) in [5, 5.41) is 0.776. The fraction of sp³-hybridized carbons (Fsp3) is 0.500. The number of rotatable bonds is 5. The molecule has 0 amide bonds. The normalized spacial score (nSPS) is 12.5. The van der Waals surface area contributed by atoms with Crippen LogP contribution < -0.4 is 10.5 Å². The molecule has 1 aromatic rings. The van der Waals surface area contributed by atoms with Gasteiger partial charge in [0.15, 0.2) is 0 Å². The predicted octanol–water partition coefficient (Wildman–Crippen LogP) is 2.88. The molecule has 1 unspecified atom stereocenters. The van der Waals surface area contributed by atoms with Crippen molar-refractivity contribution in [3.63, 3.8) is 0 Å². The molecule has 0 fully saturated rings. The van der Waals surface area contributed by atoms with Crippen LogP contribution in [0.5, 0.6) is 5.75 Å². The Morgan fingerprint density at radius 3 is 2.73 bits per heavy atom. The number of benzene rings is 1. The van der Waals surface area contributed by atoms with E-state index < -0.39 is 0 Å². The molecule has 0 aliphatic carbocycles. The quantitative estimate of drug-likeness (QED) is 0.840. The highest BCUT2D eigenvalue weighted by molar-refractivity contribution is 6.31. The first kappa shape index (κ1) is 12.3. The van der Waals surface area contributed by atoms with Crippen LogP contribution in [-0.4, -0.2) is 13.7 Å². The zero-order valence-corrected chi connectivity index (χ0v) is 10.1. The molecule has 0 aliphatic heterocycles. The van der Waals surface area contributed by atoms with Gasteiger partial charge in [0.25, 0.3) is 0 Å². The van der Waals surface area contributed by atoms with E-state index in [1.165, 1.54) is 5.56 Å². The van der Waals surface area contributed by atoms with E-state index >= 15 is 0 Å². The van der Waals surface area contributed by atoms with E-state index in [1.807, 2.05) is 18.2 Å². The smallest absolute Gasteiger partial charge is 0.120 e. The molecule has 3 heteroatoms. The van der Waals surface area contributed by atoms with Gasteiger partial charge < -0.3 is 10.5 Å². The first-order valence-corrected chi connectivity index (χ1v) is 5.57. The molecule has 0 heterocycles. The van der Waals surface area contributed by atoms with Crippen LogP contribution in [0.25, 0.3) is 0 Å². The van der Waals surface area contributed by atoms with Crippen molar-refractivity contribution in [2.45, 2.75) is 19.8 Å². The maximum absolute atomic E-state index is 6.14. The van der Waals surface area contributed by atoms with Gasteiger partial charge in [-0.15, -0.1) is 0 Å². The van der Waals surface area contributed by atoms with Crippen molar-refractivity contribution in [1.82, 2.24) is 0 Å². The maximum Gasteiger partial charge on any atom is 0.120 e. The third kappa shape index (κ3) is 3.73. The molecule has 1 atom stereocenters. The Kier molecular flexibility index (Phi) is 4.92. The molecule has 0 spiro atoms. The molecule has 84 valence electrons. The summed E-state index contributed by atoms with van der Waals surface area (Å²) in [6.07, 6.45) is 2.00. The Morgan fingerprint density at radius 2 is 2.20 bits per heavy atom. The minimum absolute atomic E-state index is 0.570. The molecule has 0 saturated heterocycles. The zero-order chi connectivity index (χ0) is 11.3. The summed E-state index contributed by atoms with van der Waals surface area (Å²) in [5.41, 5.74) is 6.68. The van der Waals surface area contributed by atoms with Crippen LogP contribution in [0.4, 0.5) is 0 Å². The minimum Gasteiger partial charge on any atom is -0.497 e. The summed E-state index contributed by atoms with van der Waals surface area (Å²) in [7, 11) is 1.64. The summed E-state index contributed by atoms with van der Waals surface area (Å²) in [6.45, 7) is 2.92. The topological polar surface area (TPSA) is 35.2 Å². The Balaban J connectivity index is 2.69. The van der Waals surface area contributed by atoms with Crippen molar-refractivity contribution < 1.29 is 4.74 Å². The Hall–Kier alpha value is -0.730. The van der Waals surface area contributed by atoms with E-state index in [9.17, 15) is 0 Å². The highest BCUT2D eigenvalue weighted by Gasteiger charge is 2.07. The molecule has 1 aromatic carbocycles. The van der Waals surface area contributed by atoms with Crippen molar-refractivity contribution in [1.29, 1.82) is 0 Å². The van der Waals surface area contributed by atoms with Crippen molar-refractivity contribution in [2.75, 3.05) is 13.7 Å². The molecule has 0 saturated carbocycles. The van der Waals surface area contributed by atoms with Crippen molar-refractivity contribution >= 4 is 11.6 Å². The van der Waals surface area contributed by atoms with Gasteiger partial charge in [-0.2, -0.15) is 0 Å². The van der Waals surface area contributed by atoms with E-state index in [4.69, 9.17) is 22.1 Å². The summed E-state index contributed by atoms with van der Waals surface area (Å²) in [6, 6.07) is 5.82. The lowest BCUT2D eigenvalue weighted by molar-refractivity contribution is 0.414. The lowest BCUT2D eigenvalue weighted by atomic mass is 9.98. The van der Waals surface area contributed by atoms with Crippen LogP contribution >= 0.6 is 11.6 Å². The van der Waals surface area contributed by atoms with Crippen molar-refractivity contribution in [2.24, 2.45) is 11.7 Å². The first-order valence-electron chi connectivity index (χ1n) is 5.20. The maximum atomic E-state index is 6.14. The highest BCUT2D eigenvalue weighted by Crippen LogP contribution is 2.25. The minimum atomic E-state index is 0.570. The fourth-order valence-electron chi connectivity index (χ4n) is 1.58. The van der Waals surface area contributed by atoms with Crippen LogP contribution in [0.1, 0.15) is 18.9 Å². The van der Waals surface area contributed by atoms with Crippen LogP contribution in [0.3, 0.4) is 0 Å². The molecular formula is C12H18ClNO. The summed E-state index contributed by atoms with van der Waals surface area (Å²) < 4.78 is 5.10. The predicted molar refractivity (Wildman–Crippen MR) is 64.5 cm³/mol. The molecule has 1 rings (SSSR count). The first-order chi connectivity index (χ1) is 7.17. The second-order valence-corrected chi connectivity index (χ2v) is 4.25. The number of methoxy groups -OCH3 is 1. The third-order valence-corrected chi connectivity index (χ3v) is 2.84. The largest absolute Gasteiger partial charge is 0.497 e. The van der Waals surface area contributed by atoms with Crippen LogP contribution in [0.15, 0.2) is 18.2 Å². The van der Waals surface area contributed by atoms with E-state index in [-0.39, 0.29) is 0 Å². The van der Waals surface area contributed by atoms with Gasteiger partial charge in [-0.3, -0.25) is 0 Å². The number of halogens is 1. The molecule has 15 heavy (non-hydrogen) atoms. The fourth-order valence-corrected chi connectivity index (χ4v) is 1.83. The van der Waals surface area contributed by atoms with Gasteiger partial charge in [0.05, 0.1) is 7.11 Å². The Morgan fingerprint density at radius 1 is 1.47 bits per heavy atom. The number of hydrogen-bond acceptors (Lipinski definition) is 2. The summed E-state index contributed by atoms with van der Waals surface area (Å²) >= 11 is 6.14. The number of nitrogens with two attached hydrogens (primary N) is 1. The lowest BCUT2D eigenvalue weighted by Gasteiger charge is -2.12. The van der Waals surface area contributed by atoms with Crippen LogP contribution in [0, 0.1) is 5.92 Å². The molecule has 0 aliphatic rings. The Labute approximate surface area is 96.4 Å². The average Bonchev–Trinajstić information content (AvgIpc) is 2.21. The Bertz CT molecular complexity index is 314. The average molecular weight is 228 g/mol. The lowest BCUT2D eigenvalue weighted by Crippen LogP contribution is -2.08. The summed E-state index contributed by atoms with van der Waals surface area (Å²) in [4.78, 5) is 0. The van der Waals surface area contributed by atoms with Gasteiger partial charge in [0, 0.05) is 5.02 Å². The number of hydrogen-bond donors (Lipinski definition) is 1. The van der Waals surface area contributed by atoms with Gasteiger partial charge in [-0.1, -0.05) is 24.6 Å². The highest BCUT2D eigenvalue weighted by atomic mass is 35.5. The third-order valence-electron chi connectivity index (χ3n) is 2.49. The van der Waals surface area contributed by atoms with Crippen molar-refractivity contribution in [3.8, 4) is 5.75 Å². The number of ether oxygens (including phenoxy) is 1. The molecule has 0 aromatic heterocycles. The summed E-state index contributed by atoms with van der Waals surface area (Å²) in [5.74, 6) is 1.37. The molecular weight excluding hydrogens is 210 g/mol.